The molecule has 0 saturated heterocycles. The van der Waals surface area contributed by atoms with E-state index in [1.165, 1.54) is 24.9 Å². The van der Waals surface area contributed by atoms with Gasteiger partial charge in [-0.3, -0.25) is 4.98 Å². The minimum atomic E-state index is -3.56. The third kappa shape index (κ3) is 2.81. The van der Waals surface area contributed by atoms with E-state index in [1.807, 2.05) is 0 Å². The highest BCUT2D eigenvalue weighted by molar-refractivity contribution is 7.89. The van der Waals surface area contributed by atoms with Crippen molar-refractivity contribution in [3.8, 4) is 0 Å². The van der Waals surface area contributed by atoms with E-state index >= 15 is 0 Å². The fourth-order valence-corrected chi connectivity index (χ4v) is 3.82. The second kappa shape index (κ2) is 5.24. The van der Waals surface area contributed by atoms with Crippen LogP contribution in [0.5, 0.6) is 0 Å². The summed E-state index contributed by atoms with van der Waals surface area (Å²) in [6, 6.07) is 1.50. The summed E-state index contributed by atoms with van der Waals surface area (Å²) in [5, 5.41) is 0. The van der Waals surface area contributed by atoms with Crippen molar-refractivity contribution in [2.45, 2.75) is 43.5 Å². The molecule has 18 heavy (non-hydrogen) atoms. The normalized spacial score (nSPS) is 24.9. The third-order valence-electron chi connectivity index (χ3n) is 3.52. The van der Waals surface area contributed by atoms with E-state index in [-0.39, 0.29) is 16.6 Å². The second-order valence-electron chi connectivity index (χ2n) is 4.90. The van der Waals surface area contributed by atoms with Gasteiger partial charge in [0.05, 0.1) is 5.69 Å². The smallest absolute Gasteiger partial charge is 0.244 e. The van der Waals surface area contributed by atoms with Crippen LogP contribution in [0.3, 0.4) is 0 Å². The van der Waals surface area contributed by atoms with E-state index in [0.29, 0.717) is 5.92 Å². The maximum Gasteiger partial charge on any atom is 0.244 e. The number of sulfonamides is 1. The molecule has 1 heterocycles. The minimum Gasteiger partial charge on any atom is -0.398 e. The molecule has 2 unspecified atom stereocenters. The molecule has 1 fully saturated rings. The zero-order valence-corrected chi connectivity index (χ0v) is 11.3. The lowest BCUT2D eigenvalue weighted by Gasteiger charge is -2.29. The third-order valence-corrected chi connectivity index (χ3v) is 5.06. The van der Waals surface area contributed by atoms with Crippen LogP contribution in [0, 0.1) is 5.92 Å². The maximum atomic E-state index is 12.2. The molecule has 0 radical (unpaired) electrons. The van der Waals surface area contributed by atoms with E-state index in [9.17, 15) is 8.42 Å². The van der Waals surface area contributed by atoms with Gasteiger partial charge in [-0.05, 0) is 24.8 Å². The minimum absolute atomic E-state index is 0.00311. The van der Waals surface area contributed by atoms with Gasteiger partial charge in [0.15, 0.2) is 0 Å². The lowest BCUT2D eigenvalue weighted by molar-refractivity contribution is 0.310. The first-order chi connectivity index (χ1) is 8.50. The Morgan fingerprint density at radius 3 is 2.78 bits per heavy atom. The number of aromatic nitrogens is 1. The Morgan fingerprint density at radius 1 is 1.39 bits per heavy atom. The molecule has 0 aliphatic heterocycles. The van der Waals surface area contributed by atoms with Gasteiger partial charge in [0, 0.05) is 18.4 Å². The summed E-state index contributed by atoms with van der Waals surface area (Å²) < 4.78 is 27.2. The highest BCUT2D eigenvalue weighted by atomic mass is 32.2. The molecule has 0 amide bonds. The molecule has 1 aromatic heterocycles. The molecule has 6 heteroatoms. The van der Waals surface area contributed by atoms with Crippen LogP contribution in [0.1, 0.15) is 32.6 Å². The molecule has 1 saturated carbocycles. The Labute approximate surface area is 108 Å². The van der Waals surface area contributed by atoms with Crippen LogP contribution < -0.4 is 10.5 Å². The maximum absolute atomic E-state index is 12.2. The average molecular weight is 269 g/mol. The fourth-order valence-electron chi connectivity index (χ4n) is 2.37. The first-order valence-corrected chi connectivity index (χ1v) is 7.71. The quantitative estimate of drug-likeness (QED) is 0.871. The molecular weight excluding hydrogens is 250 g/mol. The number of anilines is 1. The molecule has 0 bridgehead atoms. The molecule has 1 aliphatic carbocycles. The lowest BCUT2D eigenvalue weighted by atomic mass is 9.87. The van der Waals surface area contributed by atoms with Crippen LogP contribution >= 0.6 is 0 Å². The molecule has 100 valence electrons. The summed E-state index contributed by atoms with van der Waals surface area (Å²) in [5.41, 5.74) is 5.92. The van der Waals surface area contributed by atoms with E-state index in [0.717, 1.165) is 19.3 Å². The summed E-state index contributed by atoms with van der Waals surface area (Å²) in [4.78, 5) is 3.90. The van der Waals surface area contributed by atoms with Crippen LogP contribution in [0.4, 0.5) is 5.69 Å². The molecule has 2 atom stereocenters. The number of nitrogens with zero attached hydrogens (tertiary/aromatic N) is 1. The van der Waals surface area contributed by atoms with E-state index < -0.39 is 10.0 Å². The van der Waals surface area contributed by atoms with Crippen molar-refractivity contribution in [2.24, 2.45) is 5.92 Å². The van der Waals surface area contributed by atoms with Gasteiger partial charge in [-0.15, -0.1) is 0 Å². The largest absolute Gasteiger partial charge is 0.398 e. The van der Waals surface area contributed by atoms with Crippen molar-refractivity contribution < 1.29 is 8.42 Å². The number of hydrogen-bond donors (Lipinski definition) is 2. The van der Waals surface area contributed by atoms with Crippen LogP contribution in [0.25, 0.3) is 0 Å². The van der Waals surface area contributed by atoms with Crippen molar-refractivity contribution in [3.63, 3.8) is 0 Å². The predicted molar refractivity (Wildman–Crippen MR) is 70.4 cm³/mol. The summed E-state index contributed by atoms with van der Waals surface area (Å²) >= 11 is 0. The molecule has 5 nitrogen and oxygen atoms in total. The lowest BCUT2D eigenvalue weighted by Crippen LogP contribution is -2.41. The van der Waals surface area contributed by atoms with Crippen molar-refractivity contribution in [2.75, 3.05) is 5.73 Å². The number of nitrogens with two attached hydrogens (primary N) is 1. The number of hydrogen-bond acceptors (Lipinski definition) is 4. The Balaban J connectivity index is 2.19. The molecule has 3 N–H and O–H groups in total. The van der Waals surface area contributed by atoms with Crippen LogP contribution in [-0.2, 0) is 10.0 Å². The Bertz CT molecular complexity index is 516. The van der Waals surface area contributed by atoms with Crippen molar-refractivity contribution in [3.05, 3.63) is 18.5 Å². The SMILES string of the molecule is CC1CCCCC1NS(=O)(=O)c1cnccc1N. The van der Waals surface area contributed by atoms with Gasteiger partial charge >= 0.3 is 0 Å². The van der Waals surface area contributed by atoms with Gasteiger partial charge in [-0.2, -0.15) is 0 Å². The second-order valence-corrected chi connectivity index (χ2v) is 6.59. The van der Waals surface area contributed by atoms with Gasteiger partial charge < -0.3 is 5.73 Å². The van der Waals surface area contributed by atoms with E-state index in [4.69, 9.17) is 5.73 Å². The molecule has 1 aromatic rings. The van der Waals surface area contributed by atoms with Crippen LogP contribution in [0.2, 0.25) is 0 Å². The number of rotatable bonds is 3. The first-order valence-electron chi connectivity index (χ1n) is 6.22. The zero-order valence-electron chi connectivity index (χ0n) is 10.5. The molecule has 2 rings (SSSR count). The highest BCUT2D eigenvalue weighted by Gasteiger charge is 2.27. The number of pyridine rings is 1. The van der Waals surface area contributed by atoms with Crippen molar-refractivity contribution in [1.82, 2.24) is 9.71 Å². The van der Waals surface area contributed by atoms with Gasteiger partial charge in [0.25, 0.3) is 0 Å². The summed E-state index contributed by atoms with van der Waals surface area (Å²) in [6.07, 6.45) is 6.98. The van der Waals surface area contributed by atoms with Gasteiger partial charge in [0.2, 0.25) is 10.0 Å². The van der Waals surface area contributed by atoms with Gasteiger partial charge in [0.1, 0.15) is 4.90 Å². The monoisotopic (exact) mass is 269 g/mol. The van der Waals surface area contributed by atoms with Crippen LogP contribution in [-0.4, -0.2) is 19.4 Å². The van der Waals surface area contributed by atoms with Gasteiger partial charge in [-0.25, -0.2) is 13.1 Å². The fraction of sp³-hybridized carbons (Fsp3) is 0.583. The van der Waals surface area contributed by atoms with Crippen molar-refractivity contribution in [1.29, 1.82) is 0 Å². The molecule has 0 aromatic carbocycles. The highest BCUT2D eigenvalue weighted by Crippen LogP contribution is 2.26. The predicted octanol–water partition coefficient (Wildman–Crippen LogP) is 1.52. The number of nitrogen functional groups attached to an aromatic ring is 1. The topological polar surface area (TPSA) is 85.1 Å². The molecular formula is C12H19N3O2S. The van der Waals surface area contributed by atoms with Gasteiger partial charge in [-0.1, -0.05) is 19.8 Å². The average Bonchev–Trinajstić information content (AvgIpc) is 2.32. The van der Waals surface area contributed by atoms with E-state index in [2.05, 4.69) is 16.6 Å². The summed E-state index contributed by atoms with van der Waals surface area (Å²) in [6.45, 7) is 2.08. The first kappa shape index (κ1) is 13.3. The molecule has 0 spiro atoms. The van der Waals surface area contributed by atoms with E-state index in [1.54, 1.807) is 0 Å². The number of nitrogens with one attached hydrogen (secondary N) is 1. The summed E-state index contributed by atoms with van der Waals surface area (Å²) in [5.74, 6) is 0.367. The molecule has 1 aliphatic rings. The Kier molecular flexibility index (Phi) is 3.87. The summed E-state index contributed by atoms with van der Waals surface area (Å²) in [7, 11) is -3.56. The Hall–Kier alpha value is -1.14. The Morgan fingerprint density at radius 2 is 2.11 bits per heavy atom. The van der Waals surface area contributed by atoms with Crippen LogP contribution in [0.15, 0.2) is 23.4 Å². The van der Waals surface area contributed by atoms with Crippen molar-refractivity contribution >= 4 is 15.7 Å². The standard InChI is InChI=1S/C12H19N3O2S/c1-9-4-2-3-5-11(9)15-18(16,17)12-8-14-7-6-10(12)13/h6-9,11,15H,2-5H2,1H3,(H2,13,14). The zero-order chi connectivity index (χ0) is 13.2.